The minimum Gasteiger partial charge on any atom is -0.459 e. The van der Waals surface area contributed by atoms with E-state index in [1.165, 1.54) is 0 Å². The summed E-state index contributed by atoms with van der Waals surface area (Å²) in [7, 11) is 0. The second kappa shape index (κ2) is 7.22. The Balaban J connectivity index is 1.65. The number of carbonyl (C=O) groups is 4. The predicted octanol–water partition coefficient (Wildman–Crippen LogP) is 2.06. The number of hydrogen-bond donors (Lipinski definition) is 1. The van der Waals surface area contributed by atoms with Gasteiger partial charge in [-0.2, -0.15) is 0 Å². The van der Waals surface area contributed by atoms with Crippen molar-refractivity contribution in [3.05, 3.63) is 36.1 Å². The molecule has 3 rings (SSSR count). The Hall–Kier alpha value is -3.16. The SMILES string of the molecule is CC(C)CN1C(=O)C(=O)N(CC(=O)NC(C)c2cc3ccccc3o2)C1=O. The van der Waals surface area contributed by atoms with Gasteiger partial charge < -0.3 is 9.73 Å². The van der Waals surface area contributed by atoms with E-state index in [4.69, 9.17) is 4.42 Å². The van der Waals surface area contributed by atoms with Crippen LogP contribution in [0.4, 0.5) is 4.79 Å². The van der Waals surface area contributed by atoms with Crippen LogP contribution in [0.5, 0.6) is 0 Å². The van der Waals surface area contributed by atoms with Crippen molar-refractivity contribution in [3.8, 4) is 0 Å². The number of rotatable bonds is 6. The monoisotopic (exact) mass is 371 g/mol. The van der Waals surface area contributed by atoms with Crippen LogP contribution in [0.1, 0.15) is 32.6 Å². The Bertz CT molecular complexity index is 884. The number of urea groups is 1. The van der Waals surface area contributed by atoms with E-state index in [2.05, 4.69) is 5.32 Å². The number of amides is 5. The molecular formula is C19H21N3O5. The van der Waals surface area contributed by atoms with Crippen LogP contribution in [0.25, 0.3) is 11.0 Å². The molecule has 1 fully saturated rings. The Morgan fingerprint density at radius 2 is 1.74 bits per heavy atom. The Morgan fingerprint density at radius 1 is 1.07 bits per heavy atom. The largest absolute Gasteiger partial charge is 0.459 e. The first-order valence-electron chi connectivity index (χ1n) is 8.73. The standard InChI is InChI=1S/C19H21N3O5/c1-11(2)9-21-17(24)18(25)22(19(21)26)10-16(23)20-12(3)15-8-13-6-4-5-7-14(13)27-15/h4-8,11-12H,9-10H2,1-3H3,(H,20,23). The molecule has 5 amide bonds. The number of hydrogen-bond acceptors (Lipinski definition) is 5. The van der Waals surface area contributed by atoms with Crippen molar-refractivity contribution in [1.29, 1.82) is 0 Å². The van der Waals surface area contributed by atoms with Gasteiger partial charge in [0, 0.05) is 11.9 Å². The zero-order chi connectivity index (χ0) is 19.7. The second-order valence-corrected chi connectivity index (χ2v) is 6.96. The van der Waals surface area contributed by atoms with Crippen LogP contribution in [0.3, 0.4) is 0 Å². The highest BCUT2D eigenvalue weighted by Crippen LogP contribution is 2.23. The zero-order valence-electron chi connectivity index (χ0n) is 15.4. The van der Waals surface area contributed by atoms with Gasteiger partial charge >= 0.3 is 17.8 Å². The summed E-state index contributed by atoms with van der Waals surface area (Å²) in [5.41, 5.74) is 0.702. The summed E-state index contributed by atoms with van der Waals surface area (Å²) in [4.78, 5) is 50.1. The molecule has 1 aliphatic heterocycles. The summed E-state index contributed by atoms with van der Waals surface area (Å²) < 4.78 is 5.70. The van der Waals surface area contributed by atoms with E-state index in [0.29, 0.717) is 16.2 Å². The maximum absolute atomic E-state index is 12.3. The first kappa shape index (κ1) is 18.6. The molecule has 2 aromatic rings. The predicted molar refractivity (Wildman–Crippen MR) is 96.4 cm³/mol. The molecule has 0 spiro atoms. The summed E-state index contributed by atoms with van der Waals surface area (Å²) in [6.07, 6.45) is 0. The van der Waals surface area contributed by atoms with Crippen molar-refractivity contribution in [2.45, 2.75) is 26.8 Å². The van der Waals surface area contributed by atoms with Crippen LogP contribution in [-0.4, -0.2) is 46.6 Å². The average molecular weight is 371 g/mol. The number of nitrogens with one attached hydrogen (secondary N) is 1. The van der Waals surface area contributed by atoms with E-state index in [1.54, 1.807) is 6.92 Å². The molecule has 142 valence electrons. The van der Waals surface area contributed by atoms with Gasteiger partial charge in [-0.15, -0.1) is 0 Å². The van der Waals surface area contributed by atoms with Crippen molar-refractivity contribution in [3.63, 3.8) is 0 Å². The quantitative estimate of drug-likeness (QED) is 0.619. The van der Waals surface area contributed by atoms with Gasteiger partial charge in [0.25, 0.3) is 0 Å². The zero-order valence-corrected chi connectivity index (χ0v) is 15.4. The van der Waals surface area contributed by atoms with Crippen LogP contribution in [0, 0.1) is 5.92 Å². The molecule has 8 heteroatoms. The molecule has 8 nitrogen and oxygen atoms in total. The highest BCUT2D eigenvalue weighted by atomic mass is 16.3. The van der Waals surface area contributed by atoms with E-state index in [-0.39, 0.29) is 12.5 Å². The lowest BCUT2D eigenvalue weighted by Crippen LogP contribution is -2.42. The van der Waals surface area contributed by atoms with E-state index < -0.39 is 36.3 Å². The second-order valence-electron chi connectivity index (χ2n) is 6.96. The molecule has 1 saturated heterocycles. The maximum atomic E-state index is 12.3. The Morgan fingerprint density at radius 3 is 2.41 bits per heavy atom. The fourth-order valence-electron chi connectivity index (χ4n) is 2.93. The minimum absolute atomic E-state index is 0.0209. The molecule has 1 unspecified atom stereocenters. The average Bonchev–Trinajstić information content (AvgIpc) is 3.13. The van der Waals surface area contributed by atoms with Gasteiger partial charge in [0.15, 0.2) is 0 Å². The number of nitrogens with zero attached hydrogens (tertiary/aromatic N) is 2. The molecule has 1 aromatic carbocycles. The number of fused-ring (bicyclic) bond motifs is 1. The Labute approximate surface area is 156 Å². The first-order valence-corrected chi connectivity index (χ1v) is 8.73. The summed E-state index contributed by atoms with van der Waals surface area (Å²) >= 11 is 0. The summed E-state index contributed by atoms with van der Waals surface area (Å²) in [6, 6.07) is 8.06. The van der Waals surface area contributed by atoms with Gasteiger partial charge in [0.05, 0.1) is 6.04 Å². The normalized spacial score (nSPS) is 15.9. The minimum atomic E-state index is -0.979. The highest BCUT2D eigenvalue weighted by Gasteiger charge is 2.45. The molecule has 0 aliphatic carbocycles. The number of imide groups is 2. The molecule has 0 bridgehead atoms. The fourth-order valence-corrected chi connectivity index (χ4v) is 2.93. The lowest BCUT2D eigenvalue weighted by atomic mass is 10.2. The maximum Gasteiger partial charge on any atom is 0.334 e. The van der Waals surface area contributed by atoms with E-state index in [9.17, 15) is 19.2 Å². The third kappa shape index (κ3) is 3.69. The van der Waals surface area contributed by atoms with Crippen molar-refractivity contribution >= 4 is 34.7 Å². The topological polar surface area (TPSA) is 99.9 Å². The summed E-state index contributed by atoms with van der Waals surface area (Å²) in [5, 5.41) is 3.60. The molecule has 0 radical (unpaired) electrons. The van der Waals surface area contributed by atoms with Gasteiger partial charge in [-0.3, -0.25) is 19.3 Å². The van der Waals surface area contributed by atoms with Gasteiger partial charge in [-0.25, -0.2) is 9.69 Å². The number of para-hydroxylation sites is 1. The molecule has 1 atom stereocenters. The number of furan rings is 1. The lowest BCUT2D eigenvalue weighted by molar-refractivity contribution is -0.144. The highest BCUT2D eigenvalue weighted by molar-refractivity contribution is 6.45. The molecule has 1 aliphatic rings. The smallest absolute Gasteiger partial charge is 0.334 e. The third-order valence-electron chi connectivity index (χ3n) is 4.23. The molecule has 1 aromatic heterocycles. The molecule has 0 saturated carbocycles. The van der Waals surface area contributed by atoms with Crippen LogP contribution in [-0.2, 0) is 14.4 Å². The van der Waals surface area contributed by atoms with Crippen molar-refractivity contribution in [2.24, 2.45) is 5.92 Å². The van der Waals surface area contributed by atoms with E-state index in [0.717, 1.165) is 10.3 Å². The van der Waals surface area contributed by atoms with E-state index >= 15 is 0 Å². The van der Waals surface area contributed by atoms with Gasteiger partial charge in [-0.1, -0.05) is 32.0 Å². The van der Waals surface area contributed by atoms with E-state index in [1.807, 2.05) is 44.2 Å². The number of carbonyl (C=O) groups excluding carboxylic acids is 4. The van der Waals surface area contributed by atoms with Crippen LogP contribution in [0.15, 0.2) is 34.7 Å². The van der Waals surface area contributed by atoms with Gasteiger partial charge in [0.1, 0.15) is 17.9 Å². The summed E-state index contributed by atoms with van der Waals surface area (Å²) in [5.74, 6) is -1.85. The van der Waals surface area contributed by atoms with Crippen LogP contribution in [0.2, 0.25) is 0 Å². The summed E-state index contributed by atoms with van der Waals surface area (Å²) in [6.45, 7) is 5.02. The van der Waals surface area contributed by atoms with Crippen LogP contribution < -0.4 is 5.32 Å². The fraction of sp³-hybridized carbons (Fsp3) is 0.368. The lowest BCUT2D eigenvalue weighted by Gasteiger charge is -2.17. The third-order valence-corrected chi connectivity index (χ3v) is 4.23. The van der Waals surface area contributed by atoms with Crippen LogP contribution >= 0.6 is 0 Å². The Kier molecular flexibility index (Phi) is 4.98. The first-order chi connectivity index (χ1) is 12.8. The molecule has 2 heterocycles. The molecular weight excluding hydrogens is 350 g/mol. The van der Waals surface area contributed by atoms with Crippen molar-refractivity contribution in [1.82, 2.24) is 15.1 Å². The number of benzene rings is 1. The van der Waals surface area contributed by atoms with Crippen molar-refractivity contribution < 1.29 is 23.6 Å². The molecule has 1 N–H and O–H groups in total. The van der Waals surface area contributed by atoms with Gasteiger partial charge in [-0.05, 0) is 25.0 Å². The van der Waals surface area contributed by atoms with Crippen molar-refractivity contribution in [2.75, 3.05) is 13.1 Å². The van der Waals surface area contributed by atoms with Gasteiger partial charge in [0.2, 0.25) is 5.91 Å². The molecule has 27 heavy (non-hydrogen) atoms.